The molecule has 0 aliphatic heterocycles. The number of alkyl halides is 1. The van der Waals surface area contributed by atoms with Crippen LogP contribution in [0.1, 0.15) is 6.92 Å². The van der Waals surface area contributed by atoms with Crippen LogP contribution in [-0.2, 0) is 4.84 Å². The van der Waals surface area contributed by atoms with Gasteiger partial charge in [0.25, 0.3) is 0 Å². The van der Waals surface area contributed by atoms with Crippen LogP contribution in [0.2, 0.25) is 0 Å². The Morgan fingerprint density at radius 2 is 2.56 bits per heavy atom. The Kier molecular flexibility index (Phi) is 5.11. The normalized spacial score (nSPS) is 14.1. The van der Waals surface area contributed by atoms with Crippen molar-refractivity contribution in [1.82, 2.24) is 0 Å². The average Bonchev–Trinajstić information content (AvgIpc) is 1.89. The zero-order valence-corrected chi connectivity index (χ0v) is 5.38. The van der Waals surface area contributed by atoms with Crippen molar-refractivity contribution in [3.63, 3.8) is 0 Å². The summed E-state index contributed by atoms with van der Waals surface area (Å²) in [4.78, 5) is 4.45. The summed E-state index contributed by atoms with van der Waals surface area (Å²) in [6.07, 6.45) is 0.345. The maximum atomic E-state index is 12.1. The van der Waals surface area contributed by atoms with E-state index in [-0.39, 0.29) is 13.2 Å². The summed E-state index contributed by atoms with van der Waals surface area (Å²) >= 11 is 0. The molecule has 0 saturated heterocycles. The first-order valence-electron chi connectivity index (χ1n) is 2.75. The van der Waals surface area contributed by atoms with Crippen LogP contribution in [0.3, 0.4) is 0 Å². The molecule has 0 aliphatic carbocycles. The minimum atomic E-state index is -1.10. The van der Waals surface area contributed by atoms with Crippen LogP contribution in [0, 0.1) is 0 Å². The molecular formula is C5H11FN2O. The van der Waals surface area contributed by atoms with Crippen molar-refractivity contribution in [2.75, 3.05) is 13.2 Å². The molecule has 9 heavy (non-hydrogen) atoms. The lowest BCUT2D eigenvalue weighted by Gasteiger charge is -2.00. The van der Waals surface area contributed by atoms with Crippen LogP contribution in [0.4, 0.5) is 4.39 Å². The number of hydrogen-bond acceptors (Lipinski definition) is 3. The highest BCUT2D eigenvalue weighted by Gasteiger charge is 2.01. The highest BCUT2D eigenvalue weighted by atomic mass is 19.1. The first-order valence-corrected chi connectivity index (χ1v) is 2.75. The predicted octanol–water partition coefficient (Wildman–Crippen LogP) is 0.306. The second-order valence-corrected chi connectivity index (χ2v) is 1.49. The number of nitrogens with two attached hydrogens (primary N) is 1. The van der Waals surface area contributed by atoms with Crippen LogP contribution in [0.25, 0.3) is 0 Å². The molecule has 0 aliphatic rings. The number of oxime groups is 1. The van der Waals surface area contributed by atoms with E-state index < -0.39 is 6.17 Å². The van der Waals surface area contributed by atoms with E-state index in [9.17, 15) is 4.39 Å². The molecule has 0 aromatic heterocycles. The largest absolute Gasteiger partial charge is 0.393 e. The number of nitrogens with zero attached hydrogens (tertiary/aromatic N) is 1. The summed E-state index contributed by atoms with van der Waals surface area (Å²) in [6, 6.07) is 0. The van der Waals surface area contributed by atoms with Crippen LogP contribution in [0.5, 0.6) is 0 Å². The van der Waals surface area contributed by atoms with Crippen LogP contribution in [-0.4, -0.2) is 25.5 Å². The molecule has 54 valence electrons. The minimum Gasteiger partial charge on any atom is -0.393 e. The Hall–Kier alpha value is -0.640. The molecule has 2 N–H and O–H groups in total. The summed E-state index contributed by atoms with van der Waals surface area (Å²) in [7, 11) is 0. The second kappa shape index (κ2) is 5.50. The van der Waals surface area contributed by atoms with E-state index in [1.165, 1.54) is 6.21 Å². The van der Waals surface area contributed by atoms with Gasteiger partial charge in [0.15, 0.2) is 0 Å². The number of halogens is 1. The zero-order chi connectivity index (χ0) is 7.11. The van der Waals surface area contributed by atoms with Crippen molar-refractivity contribution in [3.05, 3.63) is 0 Å². The van der Waals surface area contributed by atoms with Gasteiger partial charge in [0.2, 0.25) is 0 Å². The second-order valence-electron chi connectivity index (χ2n) is 1.49. The molecule has 1 atom stereocenters. The molecular weight excluding hydrogens is 123 g/mol. The van der Waals surface area contributed by atoms with Crippen LogP contribution < -0.4 is 5.73 Å². The standard InChI is InChI=1S/C5H11FN2O/c1-2-8-9-4-5(6)3-7/h2,5H,3-4,7H2,1H3/b8-2+. The molecule has 0 aromatic carbocycles. The minimum absolute atomic E-state index is 0.0146. The van der Waals surface area contributed by atoms with Gasteiger partial charge in [-0.25, -0.2) is 4.39 Å². The summed E-state index contributed by atoms with van der Waals surface area (Å²) in [6.45, 7) is 1.62. The van der Waals surface area contributed by atoms with Crippen molar-refractivity contribution in [2.24, 2.45) is 10.9 Å². The summed E-state index contributed by atoms with van der Waals surface area (Å²) in [5.41, 5.74) is 4.95. The fourth-order valence-electron chi connectivity index (χ4n) is 0.266. The topological polar surface area (TPSA) is 47.6 Å². The predicted molar refractivity (Wildman–Crippen MR) is 34.1 cm³/mol. The summed E-state index contributed by atoms with van der Waals surface area (Å²) < 4.78 is 12.1. The van der Waals surface area contributed by atoms with E-state index in [2.05, 4.69) is 9.99 Å². The number of hydrogen-bond donors (Lipinski definition) is 1. The van der Waals surface area contributed by atoms with Crippen LogP contribution >= 0.6 is 0 Å². The van der Waals surface area contributed by atoms with Gasteiger partial charge < -0.3 is 10.6 Å². The van der Waals surface area contributed by atoms with Gasteiger partial charge in [-0.05, 0) is 6.92 Å². The molecule has 3 nitrogen and oxygen atoms in total. The quantitative estimate of drug-likeness (QED) is 0.444. The van der Waals surface area contributed by atoms with Gasteiger partial charge in [0.05, 0.1) is 0 Å². The van der Waals surface area contributed by atoms with E-state index in [4.69, 9.17) is 5.73 Å². The fourth-order valence-corrected chi connectivity index (χ4v) is 0.266. The molecule has 0 aromatic rings. The van der Waals surface area contributed by atoms with Gasteiger partial charge in [0.1, 0.15) is 12.8 Å². The average molecular weight is 134 g/mol. The zero-order valence-electron chi connectivity index (χ0n) is 5.38. The SMILES string of the molecule is C/C=N/OCC(F)CN. The third-order valence-electron chi connectivity index (χ3n) is 0.691. The van der Waals surface area contributed by atoms with E-state index in [0.29, 0.717) is 0 Å². The van der Waals surface area contributed by atoms with Crippen molar-refractivity contribution < 1.29 is 9.23 Å². The Bertz CT molecular complexity index is 87.0. The Balaban J connectivity index is 3.06. The molecule has 0 radical (unpaired) electrons. The van der Waals surface area contributed by atoms with E-state index in [0.717, 1.165) is 0 Å². The molecule has 0 saturated carbocycles. The summed E-state index contributed by atoms with van der Waals surface area (Å²) in [5.74, 6) is 0. The maximum absolute atomic E-state index is 12.1. The highest BCUT2D eigenvalue weighted by molar-refractivity contribution is 5.52. The smallest absolute Gasteiger partial charge is 0.149 e. The van der Waals surface area contributed by atoms with Crippen LogP contribution in [0.15, 0.2) is 5.16 Å². The first-order chi connectivity index (χ1) is 4.31. The van der Waals surface area contributed by atoms with Gasteiger partial charge in [-0.15, -0.1) is 0 Å². The molecule has 4 heteroatoms. The van der Waals surface area contributed by atoms with Gasteiger partial charge in [-0.2, -0.15) is 0 Å². The van der Waals surface area contributed by atoms with Crippen molar-refractivity contribution in [2.45, 2.75) is 13.1 Å². The van der Waals surface area contributed by atoms with E-state index in [1.54, 1.807) is 6.92 Å². The fraction of sp³-hybridized carbons (Fsp3) is 0.800. The third-order valence-corrected chi connectivity index (χ3v) is 0.691. The lowest BCUT2D eigenvalue weighted by Crippen LogP contribution is -2.19. The molecule has 0 bridgehead atoms. The van der Waals surface area contributed by atoms with Crippen molar-refractivity contribution in [1.29, 1.82) is 0 Å². The third kappa shape index (κ3) is 5.23. The number of rotatable bonds is 4. The molecule has 0 amide bonds. The molecule has 0 fully saturated rings. The Morgan fingerprint density at radius 3 is 3.00 bits per heavy atom. The molecule has 0 heterocycles. The van der Waals surface area contributed by atoms with Gasteiger partial charge in [-0.3, -0.25) is 0 Å². The first kappa shape index (κ1) is 8.36. The Morgan fingerprint density at radius 1 is 1.89 bits per heavy atom. The van der Waals surface area contributed by atoms with E-state index in [1.807, 2.05) is 0 Å². The monoisotopic (exact) mass is 134 g/mol. The molecule has 0 rings (SSSR count). The summed E-state index contributed by atoms with van der Waals surface area (Å²) in [5, 5.41) is 3.34. The van der Waals surface area contributed by atoms with Crippen molar-refractivity contribution in [3.8, 4) is 0 Å². The van der Waals surface area contributed by atoms with Gasteiger partial charge in [0, 0.05) is 12.8 Å². The lowest BCUT2D eigenvalue weighted by atomic mass is 10.4. The maximum Gasteiger partial charge on any atom is 0.149 e. The molecule has 1 unspecified atom stereocenters. The van der Waals surface area contributed by atoms with E-state index >= 15 is 0 Å². The highest BCUT2D eigenvalue weighted by Crippen LogP contribution is 1.87. The van der Waals surface area contributed by atoms with Gasteiger partial charge in [-0.1, -0.05) is 5.16 Å². The van der Waals surface area contributed by atoms with Gasteiger partial charge >= 0.3 is 0 Å². The Labute approximate surface area is 53.7 Å². The van der Waals surface area contributed by atoms with Crippen molar-refractivity contribution >= 4 is 6.21 Å². The molecule has 0 spiro atoms. The lowest BCUT2D eigenvalue weighted by molar-refractivity contribution is 0.0908.